The summed E-state index contributed by atoms with van der Waals surface area (Å²) in [7, 11) is 1.64. The number of ether oxygens (including phenoxy) is 1. The van der Waals surface area contributed by atoms with Crippen LogP contribution in [-0.2, 0) is 6.54 Å². The molecule has 4 heteroatoms. The zero-order chi connectivity index (χ0) is 14.5. The fourth-order valence-electron chi connectivity index (χ4n) is 1.97. The summed E-state index contributed by atoms with van der Waals surface area (Å²) in [5.41, 5.74) is 4.10. The number of aromatic nitrogens is 2. The van der Waals surface area contributed by atoms with Gasteiger partial charge in [-0.05, 0) is 37.6 Å². The van der Waals surface area contributed by atoms with Crippen molar-refractivity contribution in [3.8, 4) is 17.6 Å². The average Bonchev–Trinajstić information content (AvgIpc) is 2.78. The van der Waals surface area contributed by atoms with E-state index in [4.69, 9.17) is 9.84 Å². The summed E-state index contributed by atoms with van der Waals surface area (Å²) in [6.45, 7) is 4.57. The topological polar surface area (TPSA) is 47.3 Å². The Hall–Kier alpha value is -2.25. The van der Waals surface area contributed by atoms with E-state index in [-0.39, 0.29) is 6.61 Å². The first-order valence-electron chi connectivity index (χ1n) is 6.40. The van der Waals surface area contributed by atoms with E-state index in [1.165, 1.54) is 0 Å². The van der Waals surface area contributed by atoms with Gasteiger partial charge in [-0.15, -0.1) is 0 Å². The molecule has 0 saturated heterocycles. The van der Waals surface area contributed by atoms with Crippen molar-refractivity contribution in [3.63, 3.8) is 0 Å². The first kappa shape index (κ1) is 14.2. The number of hydrogen-bond acceptors (Lipinski definition) is 3. The summed E-state index contributed by atoms with van der Waals surface area (Å²) < 4.78 is 7.34. The molecule has 0 bridgehead atoms. The molecule has 2 rings (SSSR count). The highest BCUT2D eigenvalue weighted by molar-refractivity contribution is 5.45. The lowest BCUT2D eigenvalue weighted by atomic mass is 10.1. The van der Waals surface area contributed by atoms with Gasteiger partial charge in [0.25, 0.3) is 0 Å². The monoisotopic (exact) mass is 270 g/mol. The number of nitrogens with zero attached hydrogens (tertiary/aromatic N) is 2. The predicted molar refractivity (Wildman–Crippen MR) is 77.8 cm³/mol. The molecule has 4 nitrogen and oxygen atoms in total. The molecule has 2 aromatic rings. The van der Waals surface area contributed by atoms with Crippen LogP contribution in [0.3, 0.4) is 0 Å². The Morgan fingerprint density at radius 1 is 1.35 bits per heavy atom. The summed E-state index contributed by atoms with van der Waals surface area (Å²) in [5, 5.41) is 8.84. The van der Waals surface area contributed by atoms with E-state index in [9.17, 15) is 0 Å². The SMILES string of the molecule is COc1ccc(C#CCO)c(Cn2cnc(C)c2C)c1. The predicted octanol–water partition coefficient (Wildman–Crippen LogP) is 1.90. The van der Waals surface area contributed by atoms with Gasteiger partial charge in [-0.3, -0.25) is 0 Å². The molecule has 0 saturated carbocycles. The van der Waals surface area contributed by atoms with Crippen molar-refractivity contribution in [1.82, 2.24) is 9.55 Å². The van der Waals surface area contributed by atoms with Crippen LogP contribution in [0.5, 0.6) is 5.75 Å². The van der Waals surface area contributed by atoms with E-state index in [0.717, 1.165) is 28.3 Å². The standard InChI is InChI=1S/C16H18N2O2/c1-12-13(2)18(11-17-12)10-15-9-16(20-3)7-6-14(15)5-4-8-19/h6-7,9,11,19H,8,10H2,1-3H3. The first-order valence-corrected chi connectivity index (χ1v) is 6.40. The number of methoxy groups -OCH3 is 1. The summed E-state index contributed by atoms with van der Waals surface area (Å²) in [4.78, 5) is 4.30. The van der Waals surface area contributed by atoms with E-state index in [2.05, 4.69) is 21.4 Å². The highest BCUT2D eigenvalue weighted by Crippen LogP contribution is 2.19. The molecule has 0 unspecified atom stereocenters. The number of hydrogen-bond donors (Lipinski definition) is 1. The highest BCUT2D eigenvalue weighted by atomic mass is 16.5. The Kier molecular flexibility index (Phi) is 4.44. The molecule has 0 spiro atoms. The second-order valence-electron chi connectivity index (χ2n) is 4.53. The van der Waals surface area contributed by atoms with Crippen molar-refractivity contribution in [3.05, 3.63) is 47.0 Å². The minimum absolute atomic E-state index is 0.144. The maximum absolute atomic E-state index is 8.84. The van der Waals surface area contributed by atoms with Gasteiger partial charge in [-0.1, -0.05) is 11.8 Å². The number of aliphatic hydroxyl groups is 1. The smallest absolute Gasteiger partial charge is 0.119 e. The Morgan fingerprint density at radius 2 is 2.15 bits per heavy atom. The van der Waals surface area contributed by atoms with Gasteiger partial charge in [0.2, 0.25) is 0 Å². The summed E-state index contributed by atoms with van der Waals surface area (Å²) in [6.07, 6.45) is 1.83. The normalized spacial score (nSPS) is 10.0. The lowest BCUT2D eigenvalue weighted by Gasteiger charge is -2.10. The summed E-state index contributed by atoms with van der Waals surface area (Å²) in [6, 6.07) is 5.75. The molecule has 0 atom stereocenters. The quantitative estimate of drug-likeness (QED) is 0.867. The molecule has 1 heterocycles. The van der Waals surface area contributed by atoms with Crippen molar-refractivity contribution in [2.24, 2.45) is 0 Å². The second-order valence-corrected chi connectivity index (χ2v) is 4.53. The number of rotatable bonds is 3. The van der Waals surface area contributed by atoms with Crippen molar-refractivity contribution < 1.29 is 9.84 Å². The van der Waals surface area contributed by atoms with Crippen molar-refractivity contribution >= 4 is 0 Å². The van der Waals surface area contributed by atoms with Crippen LogP contribution in [0.25, 0.3) is 0 Å². The van der Waals surface area contributed by atoms with Gasteiger partial charge in [-0.25, -0.2) is 4.98 Å². The summed E-state index contributed by atoms with van der Waals surface area (Å²) in [5.74, 6) is 6.45. The molecular weight excluding hydrogens is 252 g/mol. The number of aliphatic hydroxyl groups excluding tert-OH is 1. The minimum atomic E-state index is -0.144. The van der Waals surface area contributed by atoms with Gasteiger partial charge >= 0.3 is 0 Å². The fourth-order valence-corrected chi connectivity index (χ4v) is 1.97. The summed E-state index contributed by atoms with van der Waals surface area (Å²) >= 11 is 0. The number of benzene rings is 1. The van der Waals surface area contributed by atoms with Crippen molar-refractivity contribution in [1.29, 1.82) is 0 Å². The Morgan fingerprint density at radius 3 is 2.75 bits per heavy atom. The van der Waals surface area contributed by atoms with Gasteiger partial charge in [0.05, 0.1) is 25.7 Å². The van der Waals surface area contributed by atoms with E-state index < -0.39 is 0 Å². The zero-order valence-corrected chi connectivity index (χ0v) is 12.0. The lowest BCUT2D eigenvalue weighted by Crippen LogP contribution is -2.03. The Labute approximate surface area is 119 Å². The molecule has 104 valence electrons. The number of imidazole rings is 1. The molecular formula is C16H18N2O2. The third-order valence-corrected chi connectivity index (χ3v) is 3.30. The molecule has 0 radical (unpaired) electrons. The van der Waals surface area contributed by atoms with Crippen LogP contribution in [0.2, 0.25) is 0 Å². The second kappa shape index (κ2) is 6.27. The molecule has 1 aromatic heterocycles. The van der Waals surface area contributed by atoms with Gasteiger partial charge in [0.1, 0.15) is 12.4 Å². The Balaban J connectivity index is 2.39. The lowest BCUT2D eigenvalue weighted by molar-refractivity contribution is 0.350. The van der Waals surface area contributed by atoms with Gasteiger partial charge in [0, 0.05) is 11.3 Å². The minimum Gasteiger partial charge on any atom is -0.497 e. The van der Waals surface area contributed by atoms with Gasteiger partial charge < -0.3 is 14.4 Å². The molecule has 0 aliphatic heterocycles. The van der Waals surface area contributed by atoms with Crippen molar-refractivity contribution in [2.75, 3.05) is 13.7 Å². The third-order valence-electron chi connectivity index (χ3n) is 3.30. The van der Waals surface area contributed by atoms with Crippen LogP contribution in [0, 0.1) is 25.7 Å². The fraction of sp³-hybridized carbons (Fsp3) is 0.312. The van der Waals surface area contributed by atoms with Crippen LogP contribution < -0.4 is 4.74 Å². The molecule has 0 aliphatic carbocycles. The van der Waals surface area contributed by atoms with Crippen LogP contribution in [0.15, 0.2) is 24.5 Å². The highest BCUT2D eigenvalue weighted by Gasteiger charge is 2.07. The van der Waals surface area contributed by atoms with E-state index in [0.29, 0.717) is 6.54 Å². The Bertz CT molecular complexity index is 663. The molecule has 1 aromatic carbocycles. The van der Waals surface area contributed by atoms with E-state index in [1.807, 2.05) is 38.4 Å². The van der Waals surface area contributed by atoms with Gasteiger partial charge in [-0.2, -0.15) is 0 Å². The first-order chi connectivity index (χ1) is 9.65. The molecule has 0 amide bonds. The maximum atomic E-state index is 8.84. The van der Waals surface area contributed by atoms with E-state index in [1.54, 1.807) is 7.11 Å². The molecule has 0 fully saturated rings. The largest absolute Gasteiger partial charge is 0.497 e. The van der Waals surface area contributed by atoms with E-state index >= 15 is 0 Å². The number of aryl methyl sites for hydroxylation is 1. The third kappa shape index (κ3) is 3.01. The average molecular weight is 270 g/mol. The zero-order valence-electron chi connectivity index (χ0n) is 12.0. The molecule has 20 heavy (non-hydrogen) atoms. The van der Waals surface area contributed by atoms with Crippen LogP contribution in [0.4, 0.5) is 0 Å². The maximum Gasteiger partial charge on any atom is 0.119 e. The van der Waals surface area contributed by atoms with Crippen LogP contribution in [0.1, 0.15) is 22.5 Å². The van der Waals surface area contributed by atoms with Crippen molar-refractivity contribution in [2.45, 2.75) is 20.4 Å². The molecule has 0 aliphatic rings. The van der Waals surface area contributed by atoms with Crippen LogP contribution >= 0.6 is 0 Å². The molecule has 1 N–H and O–H groups in total. The van der Waals surface area contributed by atoms with Crippen LogP contribution in [-0.4, -0.2) is 28.4 Å². The van der Waals surface area contributed by atoms with Gasteiger partial charge in [0.15, 0.2) is 0 Å².